The summed E-state index contributed by atoms with van der Waals surface area (Å²) < 4.78 is 0. The normalized spacial score (nSPS) is 11.1. The van der Waals surface area contributed by atoms with Crippen molar-refractivity contribution < 1.29 is 0 Å². The molecule has 0 aliphatic rings. The van der Waals surface area contributed by atoms with Crippen LogP contribution in [0.1, 0.15) is 0 Å². The molecular weight excluding hydrogens is 160 g/mol. The molecule has 0 aliphatic carbocycles. The van der Waals surface area contributed by atoms with Crippen LogP contribution in [0.3, 0.4) is 0 Å². The second-order valence-corrected chi connectivity index (χ2v) is 3.02. The van der Waals surface area contributed by atoms with Crippen molar-refractivity contribution in [1.82, 2.24) is 9.97 Å². The average molecular weight is 167 g/mol. The van der Waals surface area contributed by atoms with Crippen LogP contribution in [-0.4, -0.2) is 9.97 Å². The molecule has 0 saturated carbocycles. The van der Waals surface area contributed by atoms with Crippen LogP contribution in [0.2, 0.25) is 0 Å². The van der Waals surface area contributed by atoms with Gasteiger partial charge in [-0.1, -0.05) is 18.2 Å². The lowest BCUT2D eigenvalue weighted by Crippen LogP contribution is -1.70. The van der Waals surface area contributed by atoms with Crippen LogP contribution in [0.15, 0.2) is 36.5 Å². The van der Waals surface area contributed by atoms with E-state index in [1.54, 1.807) is 6.20 Å². The van der Waals surface area contributed by atoms with Gasteiger partial charge in [0, 0.05) is 22.5 Å². The average Bonchev–Trinajstić information content (AvgIpc) is 2.56. The van der Waals surface area contributed by atoms with Crippen molar-refractivity contribution in [3.8, 4) is 0 Å². The molecule has 2 aromatic heterocycles. The second-order valence-electron chi connectivity index (χ2n) is 3.02. The smallest absolute Gasteiger partial charge is 0.115 e. The fourth-order valence-electron chi connectivity index (χ4n) is 1.64. The van der Waals surface area contributed by atoms with E-state index in [-0.39, 0.29) is 0 Å². The van der Waals surface area contributed by atoms with Gasteiger partial charge in [0.25, 0.3) is 0 Å². The third-order valence-corrected chi connectivity index (χ3v) is 2.24. The maximum atomic E-state index is 3.95. The highest BCUT2D eigenvalue weighted by atomic mass is 14.7. The molecule has 61 valence electrons. The minimum absolute atomic E-state index is 0.976. The third-order valence-electron chi connectivity index (χ3n) is 2.24. The third kappa shape index (κ3) is 0.855. The molecular formula is C11H7N2. The number of nitrogens with one attached hydrogen (secondary N) is 1. The maximum absolute atomic E-state index is 3.95. The number of nitrogens with zero attached hydrogens (tertiary/aromatic N) is 1. The molecule has 1 N–H and O–H groups in total. The standard InChI is InChI=1S/C11H7N2/c1-2-4-10-8(3-1)9-5-6-12-7-11(9)13-10/h1-6,13H. The number of aromatic amines is 1. The van der Waals surface area contributed by atoms with Crippen molar-refractivity contribution in [3.05, 3.63) is 42.7 Å². The zero-order valence-electron chi connectivity index (χ0n) is 6.91. The highest BCUT2D eigenvalue weighted by molar-refractivity contribution is 6.06. The molecule has 0 amide bonds. The Balaban J connectivity index is 2.64. The molecule has 1 radical (unpaired) electrons. The Morgan fingerprint density at radius 3 is 3.00 bits per heavy atom. The first-order valence-corrected chi connectivity index (χ1v) is 4.18. The zero-order chi connectivity index (χ0) is 8.67. The molecule has 0 unspecified atom stereocenters. The molecule has 2 nitrogen and oxygen atoms in total. The van der Waals surface area contributed by atoms with Crippen molar-refractivity contribution in [1.29, 1.82) is 0 Å². The Morgan fingerprint density at radius 2 is 2.00 bits per heavy atom. The number of pyridine rings is 1. The van der Waals surface area contributed by atoms with Crippen LogP contribution in [0.25, 0.3) is 21.8 Å². The highest BCUT2D eigenvalue weighted by Gasteiger charge is 2.01. The number of hydrogen-bond donors (Lipinski definition) is 1. The highest BCUT2D eigenvalue weighted by Crippen LogP contribution is 2.23. The Morgan fingerprint density at radius 1 is 1.08 bits per heavy atom. The number of para-hydroxylation sites is 1. The van der Waals surface area contributed by atoms with Gasteiger partial charge in [0.15, 0.2) is 0 Å². The van der Waals surface area contributed by atoms with Crippen molar-refractivity contribution >= 4 is 21.8 Å². The molecule has 13 heavy (non-hydrogen) atoms. The van der Waals surface area contributed by atoms with Crippen molar-refractivity contribution in [2.24, 2.45) is 0 Å². The van der Waals surface area contributed by atoms with Gasteiger partial charge >= 0.3 is 0 Å². The van der Waals surface area contributed by atoms with Crippen LogP contribution in [0, 0.1) is 6.20 Å². The zero-order valence-corrected chi connectivity index (χ0v) is 6.91. The summed E-state index contributed by atoms with van der Waals surface area (Å²) in [5, 5.41) is 2.42. The van der Waals surface area contributed by atoms with Crippen molar-refractivity contribution in [2.45, 2.75) is 0 Å². The molecule has 2 heterocycles. The molecule has 2 heteroatoms. The van der Waals surface area contributed by atoms with Gasteiger partial charge in [0.2, 0.25) is 0 Å². The maximum Gasteiger partial charge on any atom is 0.115 e. The van der Waals surface area contributed by atoms with E-state index in [0.29, 0.717) is 0 Å². The largest absolute Gasteiger partial charge is 0.353 e. The van der Waals surface area contributed by atoms with E-state index in [4.69, 9.17) is 0 Å². The number of H-pyrrole nitrogens is 1. The molecule has 0 aliphatic heterocycles. The molecule has 0 bridgehead atoms. The van der Waals surface area contributed by atoms with Crippen molar-refractivity contribution in [2.75, 3.05) is 0 Å². The Bertz CT molecular complexity index is 516. The monoisotopic (exact) mass is 167 g/mol. The fraction of sp³-hybridized carbons (Fsp3) is 0. The van der Waals surface area contributed by atoms with Crippen molar-refractivity contribution in [3.63, 3.8) is 0 Å². The Labute approximate surface area is 75.2 Å². The van der Waals surface area contributed by atoms with Gasteiger partial charge < -0.3 is 4.98 Å². The van der Waals surface area contributed by atoms with E-state index in [1.807, 2.05) is 18.2 Å². The van der Waals surface area contributed by atoms with E-state index in [0.717, 1.165) is 11.0 Å². The van der Waals surface area contributed by atoms with Gasteiger partial charge in [-0.25, -0.2) is 0 Å². The van der Waals surface area contributed by atoms with Crippen LogP contribution in [0.4, 0.5) is 0 Å². The Kier molecular flexibility index (Phi) is 1.19. The summed E-state index contributed by atoms with van der Waals surface area (Å²) in [6, 6.07) is 10.2. The van der Waals surface area contributed by atoms with E-state index in [2.05, 4.69) is 28.3 Å². The summed E-state index contributed by atoms with van der Waals surface area (Å²) in [5.41, 5.74) is 2.12. The van der Waals surface area contributed by atoms with Crippen LogP contribution < -0.4 is 0 Å². The molecule has 0 spiro atoms. The summed E-state index contributed by atoms with van der Waals surface area (Å²) in [4.78, 5) is 7.21. The Hall–Kier alpha value is -1.83. The summed E-state index contributed by atoms with van der Waals surface area (Å²) >= 11 is 0. The minimum Gasteiger partial charge on any atom is -0.353 e. The van der Waals surface area contributed by atoms with Crippen LogP contribution >= 0.6 is 0 Å². The number of fused-ring (bicyclic) bond motifs is 3. The first kappa shape index (κ1) is 6.66. The summed E-state index contributed by atoms with van der Waals surface area (Å²) in [5.74, 6) is 0. The van der Waals surface area contributed by atoms with Gasteiger partial charge in [-0.15, -0.1) is 0 Å². The lowest BCUT2D eigenvalue weighted by molar-refractivity contribution is 1.33. The van der Waals surface area contributed by atoms with E-state index in [9.17, 15) is 0 Å². The fourth-order valence-corrected chi connectivity index (χ4v) is 1.64. The minimum atomic E-state index is 0.976. The van der Waals surface area contributed by atoms with E-state index >= 15 is 0 Å². The topological polar surface area (TPSA) is 28.7 Å². The molecule has 0 saturated heterocycles. The van der Waals surface area contributed by atoms with Gasteiger partial charge in [-0.2, -0.15) is 0 Å². The lowest BCUT2D eigenvalue weighted by atomic mass is 10.2. The van der Waals surface area contributed by atoms with Gasteiger partial charge in [-0.3, -0.25) is 4.98 Å². The predicted octanol–water partition coefficient (Wildman–Crippen LogP) is 2.52. The van der Waals surface area contributed by atoms with Crippen LogP contribution in [-0.2, 0) is 0 Å². The van der Waals surface area contributed by atoms with Gasteiger partial charge in [-0.05, 0) is 12.1 Å². The number of aromatic nitrogens is 2. The molecule has 3 aromatic rings. The van der Waals surface area contributed by atoms with E-state index < -0.39 is 0 Å². The van der Waals surface area contributed by atoms with Gasteiger partial charge in [0.05, 0.1) is 5.52 Å². The second kappa shape index (κ2) is 2.33. The first-order chi connectivity index (χ1) is 6.45. The summed E-state index contributed by atoms with van der Waals surface area (Å²) in [6.07, 6.45) is 4.70. The molecule has 0 fully saturated rings. The number of hydrogen-bond acceptors (Lipinski definition) is 1. The lowest BCUT2D eigenvalue weighted by Gasteiger charge is -1.86. The predicted molar refractivity (Wildman–Crippen MR) is 52.4 cm³/mol. The van der Waals surface area contributed by atoms with Crippen LogP contribution in [0.5, 0.6) is 0 Å². The number of benzene rings is 1. The first-order valence-electron chi connectivity index (χ1n) is 4.18. The molecule has 3 rings (SSSR count). The molecule has 1 aromatic carbocycles. The van der Waals surface area contributed by atoms with Gasteiger partial charge in [0.1, 0.15) is 6.20 Å². The summed E-state index contributed by atoms with van der Waals surface area (Å²) in [7, 11) is 0. The number of rotatable bonds is 0. The van der Waals surface area contributed by atoms with E-state index in [1.165, 1.54) is 10.8 Å². The molecule has 0 atom stereocenters. The SMILES string of the molecule is [c]1nccc2c1[nH]c1ccccc12. The summed E-state index contributed by atoms with van der Waals surface area (Å²) in [6.45, 7) is 0. The quantitative estimate of drug-likeness (QED) is 0.547.